The first kappa shape index (κ1) is 11.0. The van der Waals surface area contributed by atoms with Crippen molar-refractivity contribution >= 4 is 17.1 Å². The molecule has 0 fully saturated rings. The van der Waals surface area contributed by atoms with E-state index in [1.165, 1.54) is 5.56 Å². The van der Waals surface area contributed by atoms with E-state index in [4.69, 9.17) is 0 Å². The molecule has 0 spiro atoms. The van der Waals surface area contributed by atoms with Crippen LogP contribution in [0.3, 0.4) is 0 Å². The minimum absolute atomic E-state index is 0.120. The number of carbonyl (C=O) groups excluding carboxylic acids is 1. The maximum absolute atomic E-state index is 11.8. The predicted molar refractivity (Wildman–Crippen MR) is 65.9 cm³/mol. The van der Waals surface area contributed by atoms with Gasteiger partial charge >= 0.3 is 0 Å². The topological polar surface area (TPSA) is 30.0 Å². The molecule has 0 aliphatic heterocycles. The number of aryl methyl sites for hydroxylation is 2. The van der Waals surface area contributed by atoms with Gasteiger partial charge in [-0.05, 0) is 47.9 Å². The SMILES string of the molecule is Cc1cccc(C(=O)CCc2ccsc2)n1. The normalized spacial score (nSPS) is 10.3. The summed E-state index contributed by atoms with van der Waals surface area (Å²) in [4.78, 5) is 16.1. The van der Waals surface area contributed by atoms with Crippen molar-refractivity contribution in [2.24, 2.45) is 0 Å². The Morgan fingerprint density at radius 2 is 2.25 bits per heavy atom. The zero-order chi connectivity index (χ0) is 11.4. The summed E-state index contributed by atoms with van der Waals surface area (Å²) in [5.41, 5.74) is 2.70. The van der Waals surface area contributed by atoms with E-state index >= 15 is 0 Å². The molecule has 0 atom stereocenters. The molecule has 0 amide bonds. The number of ketones is 1. The van der Waals surface area contributed by atoms with Crippen molar-refractivity contribution in [1.82, 2.24) is 4.98 Å². The molecule has 0 aliphatic rings. The van der Waals surface area contributed by atoms with Gasteiger partial charge in [0.05, 0.1) is 0 Å². The number of hydrogen-bond donors (Lipinski definition) is 0. The Kier molecular flexibility index (Phi) is 3.47. The minimum Gasteiger partial charge on any atom is -0.292 e. The maximum atomic E-state index is 11.8. The van der Waals surface area contributed by atoms with Crippen LogP contribution in [0.4, 0.5) is 0 Å². The zero-order valence-electron chi connectivity index (χ0n) is 9.14. The fraction of sp³-hybridized carbons (Fsp3) is 0.231. The number of Topliss-reactive ketones (excluding diaryl/α,β-unsaturated/α-hetero) is 1. The van der Waals surface area contributed by atoms with Crippen LogP contribution in [0.2, 0.25) is 0 Å². The van der Waals surface area contributed by atoms with Gasteiger partial charge in [-0.1, -0.05) is 6.07 Å². The quantitative estimate of drug-likeness (QED) is 0.756. The van der Waals surface area contributed by atoms with Gasteiger partial charge in [-0.15, -0.1) is 0 Å². The van der Waals surface area contributed by atoms with Crippen molar-refractivity contribution in [3.8, 4) is 0 Å². The fourth-order valence-electron chi connectivity index (χ4n) is 1.52. The molecule has 2 aromatic heterocycles. The monoisotopic (exact) mass is 231 g/mol. The van der Waals surface area contributed by atoms with E-state index in [1.54, 1.807) is 17.4 Å². The highest BCUT2D eigenvalue weighted by molar-refractivity contribution is 7.07. The van der Waals surface area contributed by atoms with Crippen molar-refractivity contribution in [1.29, 1.82) is 0 Å². The smallest absolute Gasteiger partial charge is 0.181 e. The lowest BCUT2D eigenvalue weighted by atomic mass is 10.1. The van der Waals surface area contributed by atoms with Crippen molar-refractivity contribution in [2.75, 3.05) is 0 Å². The standard InChI is InChI=1S/C13H13NOS/c1-10-3-2-4-12(14-10)13(15)6-5-11-7-8-16-9-11/h2-4,7-9H,5-6H2,1H3. The van der Waals surface area contributed by atoms with Crippen LogP contribution in [-0.4, -0.2) is 10.8 Å². The Balaban J connectivity index is 1.98. The lowest BCUT2D eigenvalue weighted by Gasteiger charge is -2.00. The van der Waals surface area contributed by atoms with Gasteiger partial charge in [0.15, 0.2) is 5.78 Å². The fourth-order valence-corrected chi connectivity index (χ4v) is 2.22. The maximum Gasteiger partial charge on any atom is 0.181 e. The molecule has 16 heavy (non-hydrogen) atoms. The van der Waals surface area contributed by atoms with Gasteiger partial charge in [-0.3, -0.25) is 9.78 Å². The van der Waals surface area contributed by atoms with Crippen LogP contribution in [0, 0.1) is 6.92 Å². The summed E-state index contributed by atoms with van der Waals surface area (Å²) in [6.07, 6.45) is 1.34. The van der Waals surface area contributed by atoms with Crippen LogP contribution in [0.1, 0.15) is 28.2 Å². The third-order valence-electron chi connectivity index (χ3n) is 2.39. The highest BCUT2D eigenvalue weighted by atomic mass is 32.1. The van der Waals surface area contributed by atoms with Gasteiger partial charge < -0.3 is 0 Å². The highest BCUT2D eigenvalue weighted by Crippen LogP contribution is 2.10. The van der Waals surface area contributed by atoms with Crippen LogP contribution in [-0.2, 0) is 6.42 Å². The zero-order valence-corrected chi connectivity index (χ0v) is 9.96. The molecule has 3 heteroatoms. The van der Waals surface area contributed by atoms with E-state index in [9.17, 15) is 4.79 Å². The molecule has 2 nitrogen and oxygen atoms in total. The van der Waals surface area contributed by atoms with Crippen LogP contribution < -0.4 is 0 Å². The van der Waals surface area contributed by atoms with Gasteiger partial charge in [0.25, 0.3) is 0 Å². The molecule has 2 aromatic rings. The van der Waals surface area contributed by atoms with Crippen molar-refractivity contribution < 1.29 is 4.79 Å². The van der Waals surface area contributed by atoms with Crippen LogP contribution >= 0.6 is 11.3 Å². The van der Waals surface area contributed by atoms with Gasteiger partial charge in [-0.25, -0.2) is 0 Å². The third-order valence-corrected chi connectivity index (χ3v) is 3.13. The molecule has 0 aliphatic carbocycles. The third kappa shape index (κ3) is 2.76. The molecule has 0 N–H and O–H groups in total. The molecule has 2 heterocycles. The predicted octanol–water partition coefficient (Wildman–Crippen LogP) is 3.27. The first-order valence-corrected chi connectivity index (χ1v) is 6.18. The Morgan fingerprint density at radius 3 is 2.94 bits per heavy atom. The second-order valence-electron chi connectivity index (χ2n) is 3.72. The van der Waals surface area contributed by atoms with E-state index in [0.717, 1.165) is 12.1 Å². The van der Waals surface area contributed by atoms with Crippen LogP contribution in [0.5, 0.6) is 0 Å². The lowest BCUT2D eigenvalue weighted by molar-refractivity contribution is 0.0978. The van der Waals surface area contributed by atoms with Gasteiger partial charge in [0.1, 0.15) is 5.69 Å². The minimum atomic E-state index is 0.120. The van der Waals surface area contributed by atoms with E-state index in [0.29, 0.717) is 12.1 Å². The van der Waals surface area contributed by atoms with Gasteiger partial charge in [0, 0.05) is 12.1 Å². The molecule has 0 saturated carbocycles. The average Bonchev–Trinajstić information content (AvgIpc) is 2.78. The summed E-state index contributed by atoms with van der Waals surface area (Å²) in [5.74, 6) is 0.120. The molecule has 0 radical (unpaired) electrons. The summed E-state index contributed by atoms with van der Waals surface area (Å²) in [7, 11) is 0. The van der Waals surface area contributed by atoms with E-state index < -0.39 is 0 Å². The molecule has 0 aromatic carbocycles. The molecule has 2 rings (SSSR count). The van der Waals surface area contributed by atoms with E-state index in [2.05, 4.69) is 16.4 Å². The summed E-state index contributed by atoms with van der Waals surface area (Å²) in [6, 6.07) is 7.61. The second kappa shape index (κ2) is 5.03. The largest absolute Gasteiger partial charge is 0.292 e. The first-order chi connectivity index (χ1) is 7.75. The number of aromatic nitrogens is 1. The average molecular weight is 231 g/mol. The molecular formula is C13H13NOS. The summed E-state index contributed by atoms with van der Waals surface area (Å²) in [5, 5.41) is 4.11. The van der Waals surface area contributed by atoms with Crippen molar-refractivity contribution in [3.63, 3.8) is 0 Å². The molecule has 0 saturated heterocycles. The molecule has 0 unspecified atom stereocenters. The Bertz CT molecular complexity index is 476. The van der Waals surface area contributed by atoms with Gasteiger partial charge in [-0.2, -0.15) is 11.3 Å². The summed E-state index contributed by atoms with van der Waals surface area (Å²) in [6.45, 7) is 1.90. The van der Waals surface area contributed by atoms with Crippen molar-refractivity contribution in [2.45, 2.75) is 19.8 Å². The van der Waals surface area contributed by atoms with E-state index in [-0.39, 0.29) is 5.78 Å². The van der Waals surface area contributed by atoms with Gasteiger partial charge in [0.2, 0.25) is 0 Å². The lowest BCUT2D eigenvalue weighted by Crippen LogP contribution is -2.04. The number of thiophene rings is 1. The Morgan fingerprint density at radius 1 is 1.38 bits per heavy atom. The van der Waals surface area contributed by atoms with Crippen LogP contribution in [0.25, 0.3) is 0 Å². The Labute approximate surface area is 99.0 Å². The molecule has 82 valence electrons. The molecule has 0 bridgehead atoms. The first-order valence-electron chi connectivity index (χ1n) is 5.23. The summed E-state index contributed by atoms with van der Waals surface area (Å²) < 4.78 is 0. The number of nitrogens with zero attached hydrogens (tertiary/aromatic N) is 1. The number of rotatable bonds is 4. The van der Waals surface area contributed by atoms with Crippen molar-refractivity contribution in [3.05, 3.63) is 52.0 Å². The number of hydrogen-bond acceptors (Lipinski definition) is 3. The second-order valence-corrected chi connectivity index (χ2v) is 4.50. The van der Waals surface area contributed by atoms with Crippen LogP contribution in [0.15, 0.2) is 35.0 Å². The van der Waals surface area contributed by atoms with E-state index in [1.807, 2.05) is 24.4 Å². The molecular weight excluding hydrogens is 218 g/mol. The Hall–Kier alpha value is -1.48. The number of pyridine rings is 1. The summed E-state index contributed by atoms with van der Waals surface area (Å²) >= 11 is 1.66. The highest BCUT2D eigenvalue weighted by Gasteiger charge is 2.07. The number of carbonyl (C=O) groups is 1.